The lowest BCUT2D eigenvalue weighted by Gasteiger charge is -2.11. The first kappa shape index (κ1) is 11.2. The van der Waals surface area contributed by atoms with Gasteiger partial charge in [-0.2, -0.15) is 11.3 Å². The fourth-order valence-electron chi connectivity index (χ4n) is 1.58. The molecule has 1 atom stereocenters. The van der Waals surface area contributed by atoms with Gasteiger partial charge in [0.05, 0.1) is 12.6 Å². The predicted molar refractivity (Wildman–Crippen MR) is 68.0 cm³/mol. The van der Waals surface area contributed by atoms with Gasteiger partial charge in [0.1, 0.15) is 5.75 Å². The van der Waals surface area contributed by atoms with Gasteiger partial charge in [-0.05, 0) is 47.0 Å². The summed E-state index contributed by atoms with van der Waals surface area (Å²) in [5.74, 6) is 0.892. The van der Waals surface area contributed by atoms with Gasteiger partial charge >= 0.3 is 0 Å². The Labute approximate surface area is 99.7 Å². The summed E-state index contributed by atoms with van der Waals surface area (Å²) < 4.78 is 5.39. The molecule has 0 saturated heterocycles. The molecule has 3 heteroatoms. The zero-order valence-corrected chi connectivity index (χ0v) is 10.0. The first-order valence-electron chi connectivity index (χ1n) is 5.31. The lowest BCUT2D eigenvalue weighted by atomic mass is 10.0. The number of hydrogen-bond donors (Lipinski definition) is 1. The molecular weight excluding hydrogens is 218 g/mol. The van der Waals surface area contributed by atoms with E-state index in [1.807, 2.05) is 36.6 Å². The largest absolute Gasteiger partial charge is 0.494 e. The van der Waals surface area contributed by atoms with Gasteiger partial charge in [0.25, 0.3) is 0 Å². The van der Waals surface area contributed by atoms with Crippen LogP contribution in [0.3, 0.4) is 0 Å². The number of thiophene rings is 1. The second-order valence-electron chi connectivity index (χ2n) is 3.54. The Balaban J connectivity index is 2.15. The van der Waals surface area contributed by atoms with E-state index in [2.05, 4.69) is 11.4 Å². The van der Waals surface area contributed by atoms with Crippen molar-refractivity contribution in [3.05, 3.63) is 52.2 Å². The number of rotatable bonds is 4. The number of ether oxygens (including phenoxy) is 1. The van der Waals surface area contributed by atoms with Crippen molar-refractivity contribution < 1.29 is 4.74 Å². The molecule has 0 amide bonds. The average Bonchev–Trinajstić information content (AvgIpc) is 2.83. The highest BCUT2D eigenvalue weighted by atomic mass is 32.1. The monoisotopic (exact) mass is 233 g/mol. The molecule has 0 aliphatic carbocycles. The van der Waals surface area contributed by atoms with Gasteiger partial charge in [-0.3, -0.25) is 0 Å². The molecule has 84 valence electrons. The summed E-state index contributed by atoms with van der Waals surface area (Å²) in [5, 5.41) is 4.13. The Morgan fingerprint density at radius 3 is 2.50 bits per heavy atom. The smallest absolute Gasteiger partial charge is 0.119 e. The van der Waals surface area contributed by atoms with E-state index in [1.54, 1.807) is 11.3 Å². The Kier molecular flexibility index (Phi) is 3.59. The predicted octanol–water partition coefficient (Wildman–Crippen LogP) is 3.19. The molecular formula is C13H15NOS. The second kappa shape index (κ2) is 5.14. The number of benzene rings is 1. The maximum absolute atomic E-state index is 6.15. The van der Waals surface area contributed by atoms with Crippen LogP contribution >= 0.6 is 11.3 Å². The van der Waals surface area contributed by atoms with Crippen LogP contribution in [0.4, 0.5) is 0 Å². The van der Waals surface area contributed by atoms with Crippen molar-refractivity contribution in [3.63, 3.8) is 0 Å². The quantitative estimate of drug-likeness (QED) is 0.880. The van der Waals surface area contributed by atoms with Crippen molar-refractivity contribution in [2.45, 2.75) is 13.0 Å². The summed E-state index contributed by atoms with van der Waals surface area (Å²) in [4.78, 5) is 0. The Morgan fingerprint density at radius 2 is 1.94 bits per heavy atom. The van der Waals surface area contributed by atoms with Gasteiger partial charge in [-0.1, -0.05) is 12.1 Å². The SMILES string of the molecule is CCOc1ccc([C@H](N)c2ccsc2)cc1. The van der Waals surface area contributed by atoms with Crippen molar-refractivity contribution in [2.75, 3.05) is 6.61 Å². The molecule has 2 nitrogen and oxygen atoms in total. The van der Waals surface area contributed by atoms with E-state index in [9.17, 15) is 0 Å². The van der Waals surface area contributed by atoms with E-state index in [0.717, 1.165) is 16.9 Å². The van der Waals surface area contributed by atoms with Gasteiger partial charge in [-0.25, -0.2) is 0 Å². The Hall–Kier alpha value is -1.32. The molecule has 1 heterocycles. The van der Waals surface area contributed by atoms with E-state index in [1.165, 1.54) is 0 Å². The molecule has 1 aromatic carbocycles. The molecule has 0 aliphatic rings. The van der Waals surface area contributed by atoms with Gasteiger partial charge in [-0.15, -0.1) is 0 Å². The minimum absolute atomic E-state index is 0.0399. The molecule has 0 unspecified atom stereocenters. The normalized spacial score (nSPS) is 12.4. The molecule has 0 aliphatic heterocycles. The van der Waals surface area contributed by atoms with Crippen LogP contribution in [-0.2, 0) is 0 Å². The van der Waals surface area contributed by atoms with Gasteiger partial charge in [0.2, 0.25) is 0 Å². The lowest BCUT2D eigenvalue weighted by Crippen LogP contribution is -2.10. The van der Waals surface area contributed by atoms with Crippen LogP contribution in [0, 0.1) is 0 Å². The van der Waals surface area contributed by atoms with Crippen LogP contribution in [0.5, 0.6) is 5.75 Å². The van der Waals surface area contributed by atoms with Crippen molar-refractivity contribution >= 4 is 11.3 Å². The van der Waals surface area contributed by atoms with Crippen LogP contribution in [-0.4, -0.2) is 6.61 Å². The van der Waals surface area contributed by atoms with Crippen LogP contribution in [0.1, 0.15) is 24.1 Å². The molecule has 0 fully saturated rings. The van der Waals surface area contributed by atoms with Crippen LogP contribution < -0.4 is 10.5 Å². The number of nitrogens with two attached hydrogens (primary N) is 1. The summed E-state index contributed by atoms with van der Waals surface area (Å²) in [5.41, 5.74) is 8.42. The fraction of sp³-hybridized carbons (Fsp3) is 0.231. The topological polar surface area (TPSA) is 35.2 Å². The molecule has 0 spiro atoms. The highest BCUT2D eigenvalue weighted by molar-refractivity contribution is 7.08. The molecule has 0 saturated carbocycles. The van der Waals surface area contributed by atoms with Crippen LogP contribution in [0.15, 0.2) is 41.1 Å². The first-order valence-corrected chi connectivity index (χ1v) is 6.26. The number of hydrogen-bond acceptors (Lipinski definition) is 3. The Morgan fingerprint density at radius 1 is 1.19 bits per heavy atom. The minimum Gasteiger partial charge on any atom is -0.494 e. The molecule has 0 radical (unpaired) electrons. The minimum atomic E-state index is -0.0399. The maximum atomic E-state index is 6.15. The standard InChI is InChI=1S/C13H15NOS/c1-2-15-12-5-3-10(4-6-12)13(14)11-7-8-16-9-11/h3-9,13H,2,14H2,1H3/t13-/m0/s1. The Bertz CT molecular complexity index is 422. The van der Waals surface area contributed by atoms with Crippen LogP contribution in [0.2, 0.25) is 0 Å². The zero-order chi connectivity index (χ0) is 11.4. The molecule has 16 heavy (non-hydrogen) atoms. The van der Waals surface area contributed by atoms with Crippen molar-refractivity contribution in [3.8, 4) is 5.75 Å². The molecule has 2 aromatic rings. The maximum Gasteiger partial charge on any atom is 0.119 e. The summed E-state index contributed by atoms with van der Waals surface area (Å²) in [6.07, 6.45) is 0. The van der Waals surface area contributed by atoms with Crippen molar-refractivity contribution in [1.82, 2.24) is 0 Å². The highest BCUT2D eigenvalue weighted by Gasteiger charge is 2.08. The zero-order valence-electron chi connectivity index (χ0n) is 9.22. The van der Waals surface area contributed by atoms with Crippen molar-refractivity contribution in [1.29, 1.82) is 0 Å². The summed E-state index contributed by atoms with van der Waals surface area (Å²) in [7, 11) is 0. The highest BCUT2D eigenvalue weighted by Crippen LogP contribution is 2.23. The van der Waals surface area contributed by atoms with E-state index in [-0.39, 0.29) is 6.04 Å². The first-order chi connectivity index (χ1) is 7.81. The van der Waals surface area contributed by atoms with Crippen molar-refractivity contribution in [2.24, 2.45) is 5.73 Å². The fourth-order valence-corrected chi connectivity index (χ4v) is 2.28. The summed E-state index contributed by atoms with van der Waals surface area (Å²) in [6.45, 7) is 2.67. The van der Waals surface area contributed by atoms with E-state index >= 15 is 0 Å². The van der Waals surface area contributed by atoms with Crippen LogP contribution in [0.25, 0.3) is 0 Å². The third-order valence-corrected chi connectivity index (χ3v) is 3.15. The molecule has 2 rings (SSSR count). The molecule has 0 bridgehead atoms. The van der Waals surface area contributed by atoms with Gasteiger partial charge in [0, 0.05) is 0 Å². The third kappa shape index (κ3) is 2.43. The summed E-state index contributed by atoms with van der Waals surface area (Å²) >= 11 is 1.67. The third-order valence-electron chi connectivity index (χ3n) is 2.45. The van der Waals surface area contributed by atoms with E-state index in [0.29, 0.717) is 6.61 Å². The second-order valence-corrected chi connectivity index (χ2v) is 4.32. The average molecular weight is 233 g/mol. The van der Waals surface area contributed by atoms with E-state index in [4.69, 9.17) is 10.5 Å². The lowest BCUT2D eigenvalue weighted by molar-refractivity contribution is 0.340. The van der Waals surface area contributed by atoms with E-state index < -0.39 is 0 Å². The van der Waals surface area contributed by atoms with Gasteiger partial charge < -0.3 is 10.5 Å². The molecule has 2 N–H and O–H groups in total. The molecule has 1 aromatic heterocycles. The van der Waals surface area contributed by atoms with Gasteiger partial charge in [0.15, 0.2) is 0 Å². The summed E-state index contributed by atoms with van der Waals surface area (Å²) in [6, 6.07) is 9.99.